The molecule has 2 heterocycles. The molecule has 1 aromatic heterocycles. The van der Waals surface area contributed by atoms with E-state index in [-0.39, 0.29) is 0 Å². The first kappa shape index (κ1) is 9.65. The molecule has 0 aromatic carbocycles. The summed E-state index contributed by atoms with van der Waals surface area (Å²) in [4.78, 5) is 2.47. The maximum Gasteiger partial charge on any atom is 0.220 e. The standard InChI is InChI=1S/C10H17N3O/c1-8(2)13-5-3-4-9(6-13)10-12-11-7-14-10/h7-9H,3-6H2,1-2H3. The van der Waals surface area contributed by atoms with Gasteiger partial charge in [0.05, 0.1) is 5.92 Å². The van der Waals surface area contributed by atoms with Crippen LogP contribution in [0.15, 0.2) is 10.8 Å². The summed E-state index contributed by atoms with van der Waals surface area (Å²) >= 11 is 0. The number of hydrogen-bond acceptors (Lipinski definition) is 4. The number of hydrogen-bond donors (Lipinski definition) is 0. The molecule has 1 fully saturated rings. The molecule has 1 atom stereocenters. The molecule has 2 rings (SSSR count). The highest BCUT2D eigenvalue weighted by molar-refractivity contribution is 4.93. The Morgan fingerprint density at radius 2 is 2.43 bits per heavy atom. The zero-order valence-electron chi connectivity index (χ0n) is 8.81. The van der Waals surface area contributed by atoms with Gasteiger partial charge < -0.3 is 9.32 Å². The van der Waals surface area contributed by atoms with Crippen LogP contribution in [0.25, 0.3) is 0 Å². The third kappa shape index (κ3) is 1.95. The molecule has 1 aliphatic rings. The molecule has 1 unspecified atom stereocenters. The Balaban J connectivity index is 2.01. The summed E-state index contributed by atoms with van der Waals surface area (Å²) in [7, 11) is 0. The van der Waals surface area contributed by atoms with Crippen LogP contribution in [0.1, 0.15) is 38.5 Å². The van der Waals surface area contributed by atoms with E-state index in [0.717, 1.165) is 12.4 Å². The first-order valence-electron chi connectivity index (χ1n) is 5.27. The van der Waals surface area contributed by atoms with E-state index in [4.69, 9.17) is 4.42 Å². The van der Waals surface area contributed by atoms with Crippen LogP contribution in [-0.4, -0.2) is 34.2 Å². The van der Waals surface area contributed by atoms with Gasteiger partial charge in [0, 0.05) is 12.6 Å². The summed E-state index contributed by atoms with van der Waals surface area (Å²) in [6.07, 6.45) is 3.82. The van der Waals surface area contributed by atoms with E-state index in [9.17, 15) is 0 Å². The zero-order chi connectivity index (χ0) is 9.97. The van der Waals surface area contributed by atoms with Crippen molar-refractivity contribution in [1.29, 1.82) is 0 Å². The van der Waals surface area contributed by atoms with Gasteiger partial charge in [0.25, 0.3) is 0 Å². The van der Waals surface area contributed by atoms with E-state index >= 15 is 0 Å². The van der Waals surface area contributed by atoms with Crippen LogP contribution in [0, 0.1) is 0 Å². The average Bonchev–Trinajstić information content (AvgIpc) is 2.71. The largest absolute Gasteiger partial charge is 0.428 e. The van der Waals surface area contributed by atoms with Crippen LogP contribution in [0.3, 0.4) is 0 Å². The first-order chi connectivity index (χ1) is 6.77. The molecular weight excluding hydrogens is 178 g/mol. The van der Waals surface area contributed by atoms with Crippen molar-refractivity contribution in [3.63, 3.8) is 0 Å². The van der Waals surface area contributed by atoms with Crippen LogP contribution in [0.5, 0.6) is 0 Å². The molecule has 0 bridgehead atoms. The molecular formula is C10H17N3O. The normalized spacial score (nSPS) is 24.4. The minimum absolute atomic E-state index is 0.439. The molecule has 0 aliphatic carbocycles. The van der Waals surface area contributed by atoms with Gasteiger partial charge in [-0.25, -0.2) is 0 Å². The van der Waals surface area contributed by atoms with Gasteiger partial charge in [0.1, 0.15) is 0 Å². The van der Waals surface area contributed by atoms with E-state index in [0.29, 0.717) is 12.0 Å². The second-order valence-electron chi connectivity index (χ2n) is 4.20. The predicted octanol–water partition coefficient (Wildman–Crippen LogP) is 1.66. The van der Waals surface area contributed by atoms with Gasteiger partial charge in [-0.2, -0.15) is 0 Å². The second-order valence-corrected chi connectivity index (χ2v) is 4.20. The van der Waals surface area contributed by atoms with Gasteiger partial charge in [-0.1, -0.05) is 0 Å². The first-order valence-corrected chi connectivity index (χ1v) is 5.27. The lowest BCUT2D eigenvalue weighted by molar-refractivity contribution is 0.157. The summed E-state index contributed by atoms with van der Waals surface area (Å²) in [6.45, 7) is 6.72. The van der Waals surface area contributed by atoms with Gasteiger partial charge in [-0.15, -0.1) is 10.2 Å². The minimum atomic E-state index is 0.439. The van der Waals surface area contributed by atoms with Crippen LogP contribution in [-0.2, 0) is 0 Å². The van der Waals surface area contributed by atoms with E-state index in [1.165, 1.54) is 25.8 Å². The van der Waals surface area contributed by atoms with Crippen molar-refractivity contribution in [2.45, 2.75) is 38.6 Å². The highest BCUT2D eigenvalue weighted by Gasteiger charge is 2.25. The molecule has 4 heteroatoms. The lowest BCUT2D eigenvalue weighted by Gasteiger charge is -2.33. The monoisotopic (exact) mass is 195 g/mol. The summed E-state index contributed by atoms with van der Waals surface area (Å²) in [6, 6.07) is 0.612. The number of nitrogens with zero attached hydrogens (tertiary/aromatic N) is 3. The Bertz CT molecular complexity index is 271. The number of piperidine rings is 1. The quantitative estimate of drug-likeness (QED) is 0.719. The summed E-state index contributed by atoms with van der Waals surface area (Å²) < 4.78 is 5.25. The fraction of sp³-hybridized carbons (Fsp3) is 0.800. The maximum atomic E-state index is 5.25. The molecule has 1 saturated heterocycles. The lowest BCUT2D eigenvalue weighted by atomic mass is 9.97. The van der Waals surface area contributed by atoms with Crippen molar-refractivity contribution in [3.05, 3.63) is 12.3 Å². The number of rotatable bonds is 2. The Kier molecular flexibility index (Phi) is 2.82. The van der Waals surface area contributed by atoms with Gasteiger partial charge in [-0.05, 0) is 33.2 Å². The van der Waals surface area contributed by atoms with Gasteiger partial charge >= 0.3 is 0 Å². The van der Waals surface area contributed by atoms with Gasteiger partial charge in [0.2, 0.25) is 12.3 Å². The van der Waals surface area contributed by atoms with E-state index in [2.05, 4.69) is 28.9 Å². The fourth-order valence-corrected chi connectivity index (χ4v) is 2.04. The second kappa shape index (κ2) is 4.09. The highest BCUT2D eigenvalue weighted by atomic mass is 16.4. The van der Waals surface area contributed by atoms with Crippen molar-refractivity contribution in [2.24, 2.45) is 0 Å². The molecule has 0 spiro atoms. The molecule has 14 heavy (non-hydrogen) atoms. The third-order valence-electron chi connectivity index (χ3n) is 2.91. The van der Waals surface area contributed by atoms with E-state index < -0.39 is 0 Å². The third-order valence-corrected chi connectivity index (χ3v) is 2.91. The maximum absolute atomic E-state index is 5.25. The topological polar surface area (TPSA) is 42.2 Å². The van der Waals surface area contributed by atoms with Crippen LogP contribution in [0.4, 0.5) is 0 Å². The SMILES string of the molecule is CC(C)N1CCCC(c2nnco2)C1. The summed E-state index contributed by atoms with van der Waals surface area (Å²) in [5.41, 5.74) is 0. The Morgan fingerprint density at radius 1 is 1.57 bits per heavy atom. The van der Waals surface area contributed by atoms with Gasteiger partial charge in [-0.3, -0.25) is 0 Å². The Hall–Kier alpha value is -0.900. The van der Waals surface area contributed by atoms with E-state index in [1.807, 2.05) is 0 Å². The lowest BCUT2D eigenvalue weighted by Crippen LogP contribution is -2.39. The Morgan fingerprint density at radius 3 is 3.07 bits per heavy atom. The van der Waals surface area contributed by atoms with Crippen molar-refractivity contribution in [1.82, 2.24) is 15.1 Å². The summed E-state index contributed by atoms with van der Waals surface area (Å²) in [5, 5.41) is 7.72. The molecule has 1 aromatic rings. The Labute approximate surface area is 84.3 Å². The fourth-order valence-electron chi connectivity index (χ4n) is 2.04. The molecule has 0 saturated carbocycles. The number of aromatic nitrogens is 2. The zero-order valence-corrected chi connectivity index (χ0v) is 8.81. The van der Waals surface area contributed by atoms with Gasteiger partial charge in [0.15, 0.2) is 0 Å². The summed E-state index contributed by atoms with van der Waals surface area (Å²) in [5.74, 6) is 1.24. The van der Waals surface area contributed by atoms with Crippen molar-refractivity contribution in [3.8, 4) is 0 Å². The number of likely N-dealkylation sites (tertiary alicyclic amines) is 1. The van der Waals surface area contributed by atoms with Crippen LogP contribution in [0.2, 0.25) is 0 Å². The molecule has 0 N–H and O–H groups in total. The van der Waals surface area contributed by atoms with Crippen molar-refractivity contribution >= 4 is 0 Å². The van der Waals surface area contributed by atoms with Crippen molar-refractivity contribution in [2.75, 3.05) is 13.1 Å². The molecule has 0 radical (unpaired) electrons. The molecule has 0 amide bonds. The van der Waals surface area contributed by atoms with Crippen LogP contribution >= 0.6 is 0 Å². The smallest absolute Gasteiger partial charge is 0.220 e. The van der Waals surface area contributed by atoms with E-state index in [1.54, 1.807) is 0 Å². The van der Waals surface area contributed by atoms with Crippen LogP contribution < -0.4 is 0 Å². The molecule has 1 aliphatic heterocycles. The molecule has 78 valence electrons. The minimum Gasteiger partial charge on any atom is -0.428 e. The average molecular weight is 195 g/mol. The van der Waals surface area contributed by atoms with Crippen molar-refractivity contribution < 1.29 is 4.42 Å². The predicted molar refractivity (Wildman–Crippen MR) is 53.0 cm³/mol. The highest BCUT2D eigenvalue weighted by Crippen LogP contribution is 2.25. The molecule has 4 nitrogen and oxygen atoms in total.